The number of amides is 2. The molecule has 0 aliphatic carbocycles. The maximum atomic E-state index is 12.2. The van der Waals surface area contributed by atoms with E-state index in [2.05, 4.69) is 10.6 Å². The molecule has 0 heterocycles. The van der Waals surface area contributed by atoms with Gasteiger partial charge in [0.05, 0.1) is 0 Å². The van der Waals surface area contributed by atoms with Crippen LogP contribution in [0.3, 0.4) is 0 Å². The molecule has 0 aliphatic heterocycles. The highest BCUT2D eigenvalue weighted by Crippen LogP contribution is 2.25. The fourth-order valence-electron chi connectivity index (χ4n) is 2.61. The van der Waals surface area contributed by atoms with Crippen LogP contribution in [0.25, 0.3) is 0 Å². The van der Waals surface area contributed by atoms with E-state index in [-0.39, 0.29) is 18.4 Å². The van der Waals surface area contributed by atoms with Crippen LogP contribution in [0.1, 0.15) is 16.7 Å². The topological polar surface area (TPSA) is 67.4 Å². The first-order valence-corrected chi connectivity index (χ1v) is 8.73. The monoisotopic (exact) mass is 374 g/mol. The Hall–Kier alpha value is -2.53. The minimum atomic E-state index is -0.660. The van der Waals surface area contributed by atoms with Gasteiger partial charge in [-0.2, -0.15) is 0 Å². The molecule has 2 aromatic carbocycles. The molecule has 2 aromatic rings. The van der Waals surface area contributed by atoms with Crippen molar-refractivity contribution in [1.82, 2.24) is 10.6 Å². The maximum Gasteiger partial charge on any atom is 0.258 e. The van der Waals surface area contributed by atoms with E-state index in [0.29, 0.717) is 17.2 Å². The SMILES string of the molecule is CNC(=O)C(Cc1ccccc1)NC(=O)COc1cc(C)c(Cl)c(C)c1. The Bertz CT molecular complexity index is 755. The van der Waals surface area contributed by atoms with Crippen LogP contribution in [-0.4, -0.2) is 31.5 Å². The van der Waals surface area contributed by atoms with Crippen LogP contribution in [0.15, 0.2) is 42.5 Å². The number of ether oxygens (including phenoxy) is 1. The number of aryl methyl sites for hydroxylation is 2. The van der Waals surface area contributed by atoms with Crippen LogP contribution in [0.4, 0.5) is 0 Å². The highest BCUT2D eigenvalue weighted by atomic mass is 35.5. The lowest BCUT2D eigenvalue weighted by Gasteiger charge is -2.18. The summed E-state index contributed by atoms with van der Waals surface area (Å²) in [5, 5.41) is 5.99. The van der Waals surface area contributed by atoms with E-state index in [0.717, 1.165) is 16.7 Å². The van der Waals surface area contributed by atoms with Crippen molar-refractivity contribution < 1.29 is 14.3 Å². The van der Waals surface area contributed by atoms with Gasteiger partial charge < -0.3 is 15.4 Å². The van der Waals surface area contributed by atoms with E-state index < -0.39 is 6.04 Å². The Morgan fingerprint density at radius 2 is 1.73 bits per heavy atom. The number of carbonyl (C=O) groups is 2. The number of benzene rings is 2. The number of hydrogen-bond acceptors (Lipinski definition) is 3. The van der Waals surface area contributed by atoms with E-state index >= 15 is 0 Å². The number of likely N-dealkylation sites (N-methyl/N-ethyl adjacent to an activating group) is 1. The van der Waals surface area contributed by atoms with Gasteiger partial charge in [0.25, 0.3) is 5.91 Å². The van der Waals surface area contributed by atoms with Crippen molar-refractivity contribution in [3.63, 3.8) is 0 Å². The molecule has 2 amide bonds. The Balaban J connectivity index is 1.97. The Morgan fingerprint density at radius 3 is 2.31 bits per heavy atom. The average molecular weight is 375 g/mol. The summed E-state index contributed by atoms with van der Waals surface area (Å²) in [5.74, 6) is -0.0423. The van der Waals surface area contributed by atoms with E-state index in [4.69, 9.17) is 16.3 Å². The van der Waals surface area contributed by atoms with Gasteiger partial charge in [-0.1, -0.05) is 41.9 Å². The average Bonchev–Trinajstić information content (AvgIpc) is 2.64. The maximum absolute atomic E-state index is 12.2. The number of hydrogen-bond donors (Lipinski definition) is 2. The lowest BCUT2D eigenvalue weighted by molar-refractivity contribution is -0.129. The molecule has 0 aliphatic rings. The number of carbonyl (C=O) groups excluding carboxylic acids is 2. The van der Waals surface area contributed by atoms with Gasteiger partial charge in [0.1, 0.15) is 11.8 Å². The highest BCUT2D eigenvalue weighted by molar-refractivity contribution is 6.32. The van der Waals surface area contributed by atoms with Crippen molar-refractivity contribution >= 4 is 23.4 Å². The quantitative estimate of drug-likeness (QED) is 0.783. The number of nitrogens with one attached hydrogen (secondary N) is 2. The fourth-order valence-corrected chi connectivity index (χ4v) is 2.72. The number of rotatable bonds is 7. The molecule has 5 nitrogen and oxygen atoms in total. The summed E-state index contributed by atoms with van der Waals surface area (Å²) in [4.78, 5) is 24.3. The molecule has 6 heteroatoms. The van der Waals surface area contributed by atoms with Crippen LogP contribution in [-0.2, 0) is 16.0 Å². The Morgan fingerprint density at radius 1 is 1.12 bits per heavy atom. The van der Waals surface area contributed by atoms with Gasteiger partial charge in [-0.3, -0.25) is 9.59 Å². The summed E-state index contributed by atoms with van der Waals surface area (Å²) in [5.41, 5.74) is 2.73. The van der Waals surface area contributed by atoms with Crippen molar-refractivity contribution in [1.29, 1.82) is 0 Å². The van der Waals surface area contributed by atoms with Crippen molar-refractivity contribution in [3.8, 4) is 5.75 Å². The fraction of sp³-hybridized carbons (Fsp3) is 0.300. The molecule has 1 unspecified atom stereocenters. The minimum absolute atomic E-state index is 0.178. The van der Waals surface area contributed by atoms with Gasteiger partial charge in [-0.15, -0.1) is 0 Å². The normalized spacial score (nSPS) is 11.5. The molecule has 0 saturated heterocycles. The lowest BCUT2D eigenvalue weighted by atomic mass is 10.1. The molecular weight excluding hydrogens is 352 g/mol. The molecule has 0 aromatic heterocycles. The largest absolute Gasteiger partial charge is 0.484 e. The van der Waals surface area contributed by atoms with Gasteiger partial charge in [-0.05, 0) is 42.7 Å². The summed E-state index contributed by atoms with van der Waals surface area (Å²) >= 11 is 6.13. The Labute approximate surface area is 158 Å². The predicted molar refractivity (Wildman–Crippen MR) is 103 cm³/mol. The minimum Gasteiger partial charge on any atom is -0.484 e. The first-order valence-electron chi connectivity index (χ1n) is 8.35. The van der Waals surface area contributed by atoms with Crippen LogP contribution in [0.5, 0.6) is 5.75 Å². The van der Waals surface area contributed by atoms with E-state index in [1.54, 1.807) is 19.2 Å². The summed E-state index contributed by atoms with van der Waals surface area (Å²) < 4.78 is 5.55. The molecule has 0 bridgehead atoms. The second kappa shape index (κ2) is 9.25. The van der Waals surface area contributed by atoms with Crippen molar-refractivity contribution in [3.05, 3.63) is 64.2 Å². The smallest absolute Gasteiger partial charge is 0.258 e. The zero-order chi connectivity index (χ0) is 19.1. The van der Waals surface area contributed by atoms with Gasteiger partial charge in [0, 0.05) is 18.5 Å². The summed E-state index contributed by atoms with van der Waals surface area (Å²) in [6.07, 6.45) is 0.408. The molecular formula is C20H23ClN2O3. The van der Waals surface area contributed by atoms with Gasteiger partial charge in [0.15, 0.2) is 6.61 Å². The molecule has 26 heavy (non-hydrogen) atoms. The lowest BCUT2D eigenvalue weighted by Crippen LogP contribution is -2.48. The van der Waals surface area contributed by atoms with Crippen LogP contribution >= 0.6 is 11.6 Å². The van der Waals surface area contributed by atoms with Crippen LogP contribution < -0.4 is 15.4 Å². The molecule has 138 valence electrons. The molecule has 0 fully saturated rings. The van der Waals surface area contributed by atoms with Crippen LogP contribution in [0, 0.1) is 13.8 Å². The van der Waals surface area contributed by atoms with E-state index in [1.165, 1.54) is 0 Å². The second-order valence-electron chi connectivity index (χ2n) is 6.08. The standard InChI is InChI=1S/C20H23ClN2O3/c1-13-9-16(10-14(2)19(13)21)26-12-18(24)23-17(20(25)22-3)11-15-7-5-4-6-8-15/h4-10,17H,11-12H2,1-3H3,(H,22,25)(H,23,24). The van der Waals surface area contributed by atoms with Gasteiger partial charge in [0.2, 0.25) is 5.91 Å². The van der Waals surface area contributed by atoms with Crippen molar-refractivity contribution in [2.75, 3.05) is 13.7 Å². The summed E-state index contributed by atoms with van der Waals surface area (Å²) in [6, 6.07) is 12.4. The highest BCUT2D eigenvalue weighted by Gasteiger charge is 2.20. The molecule has 1 atom stereocenters. The van der Waals surface area contributed by atoms with Crippen LogP contribution in [0.2, 0.25) is 5.02 Å². The first-order chi connectivity index (χ1) is 12.4. The Kier molecular flexibility index (Phi) is 7.04. The number of halogens is 1. The summed E-state index contributed by atoms with van der Waals surface area (Å²) in [7, 11) is 1.54. The third-order valence-corrected chi connectivity index (χ3v) is 4.56. The van der Waals surface area contributed by atoms with Gasteiger partial charge >= 0.3 is 0 Å². The van der Waals surface area contributed by atoms with E-state index in [9.17, 15) is 9.59 Å². The van der Waals surface area contributed by atoms with E-state index in [1.807, 2.05) is 44.2 Å². The predicted octanol–water partition coefficient (Wildman–Crippen LogP) is 2.81. The second-order valence-corrected chi connectivity index (χ2v) is 6.46. The summed E-state index contributed by atoms with van der Waals surface area (Å²) in [6.45, 7) is 3.58. The molecule has 2 rings (SSSR count). The van der Waals surface area contributed by atoms with Gasteiger partial charge in [-0.25, -0.2) is 0 Å². The molecule has 2 N–H and O–H groups in total. The molecule has 0 radical (unpaired) electrons. The first kappa shape index (κ1) is 19.8. The molecule has 0 spiro atoms. The third kappa shape index (κ3) is 5.49. The van der Waals surface area contributed by atoms with Crippen molar-refractivity contribution in [2.45, 2.75) is 26.3 Å². The third-order valence-electron chi connectivity index (χ3n) is 3.96. The zero-order valence-corrected chi connectivity index (χ0v) is 15.9. The van der Waals surface area contributed by atoms with Crippen molar-refractivity contribution in [2.24, 2.45) is 0 Å². The molecule has 0 saturated carbocycles. The zero-order valence-electron chi connectivity index (χ0n) is 15.1.